The molecular weight excluding hydrogens is 194 g/mol. The van der Waals surface area contributed by atoms with Crippen LogP contribution in [-0.2, 0) is 0 Å². The summed E-state index contributed by atoms with van der Waals surface area (Å²) in [5, 5.41) is 0. The molecule has 50 valence electrons. The van der Waals surface area contributed by atoms with Gasteiger partial charge in [-0.15, -0.1) is 0 Å². The van der Waals surface area contributed by atoms with E-state index in [0.717, 1.165) is 0 Å². The molecule has 1 heterocycles. The zero-order valence-electron chi connectivity index (χ0n) is 8.73. The maximum Gasteiger partial charge on any atom is 0.182 e. The van der Waals surface area contributed by atoms with Crippen LogP contribution in [0, 0.1) is 0 Å². The molecule has 0 N–H and O–H groups in total. The lowest BCUT2D eigenvalue weighted by atomic mass is 10.3. The predicted molar refractivity (Wildman–Crippen MR) is 41.7 cm³/mol. The molecule has 2 rings (SSSR count). The van der Waals surface area contributed by atoms with E-state index in [2.05, 4.69) is 20.9 Å². The smallest absolute Gasteiger partial charge is 0.182 e. The molecule has 0 saturated heterocycles. The van der Waals surface area contributed by atoms with Crippen LogP contribution in [0.5, 0.6) is 0 Å². The lowest BCUT2D eigenvalue weighted by Gasteiger charge is -1.87. The Morgan fingerprint density at radius 2 is 2.50 bits per heavy atom. The van der Waals surface area contributed by atoms with Crippen molar-refractivity contribution in [3.63, 3.8) is 0 Å². The third-order valence-electron chi connectivity index (χ3n) is 1.07. The SMILES string of the molecule is [2H]c1nc2c([2H])c([2H])c([2H])c(Br)c2o1. The van der Waals surface area contributed by atoms with Crippen molar-refractivity contribution >= 4 is 27.0 Å². The number of hydrogen-bond acceptors (Lipinski definition) is 2. The summed E-state index contributed by atoms with van der Waals surface area (Å²) in [5.74, 6) is 0. The van der Waals surface area contributed by atoms with Gasteiger partial charge >= 0.3 is 0 Å². The quantitative estimate of drug-likeness (QED) is 0.656. The van der Waals surface area contributed by atoms with E-state index in [9.17, 15) is 0 Å². The second-order valence-corrected chi connectivity index (χ2v) is 2.46. The van der Waals surface area contributed by atoms with E-state index in [1.54, 1.807) is 0 Å². The fraction of sp³-hybridized carbons (Fsp3) is 0. The Labute approximate surface area is 71.6 Å². The fourth-order valence-corrected chi connectivity index (χ4v) is 1.02. The Kier molecular flexibility index (Phi) is 0.638. The monoisotopic (exact) mass is 201 g/mol. The summed E-state index contributed by atoms with van der Waals surface area (Å²) in [5.41, 5.74) is 0.323. The van der Waals surface area contributed by atoms with Crippen molar-refractivity contribution in [2.24, 2.45) is 0 Å². The summed E-state index contributed by atoms with van der Waals surface area (Å²) in [4.78, 5) is 3.65. The highest BCUT2D eigenvalue weighted by atomic mass is 79.9. The van der Waals surface area contributed by atoms with E-state index < -0.39 is 0 Å². The van der Waals surface area contributed by atoms with Gasteiger partial charge in [-0.1, -0.05) is 6.04 Å². The lowest BCUT2D eigenvalue weighted by molar-refractivity contribution is 0.600. The molecule has 2 aromatic rings. The van der Waals surface area contributed by atoms with Gasteiger partial charge in [0.2, 0.25) is 0 Å². The van der Waals surface area contributed by atoms with Crippen molar-refractivity contribution in [3.8, 4) is 0 Å². The van der Waals surface area contributed by atoms with E-state index in [0.29, 0.717) is 0 Å². The average Bonchev–Trinajstić information content (AvgIpc) is 2.54. The van der Waals surface area contributed by atoms with E-state index in [4.69, 9.17) is 9.90 Å². The molecule has 0 aliphatic heterocycles. The van der Waals surface area contributed by atoms with Gasteiger partial charge in [-0.2, -0.15) is 0 Å². The first-order valence-corrected chi connectivity index (χ1v) is 3.34. The standard InChI is InChI=1S/C7H4BrNO/c8-5-2-1-3-6-7(5)10-4-9-6/h1-4H/i1D,2D,3D,4D. The number of hydrogen-bond donors (Lipinski definition) is 0. The minimum Gasteiger partial charge on any atom is -0.442 e. The summed E-state index contributed by atoms with van der Waals surface area (Å²) in [7, 11) is 0. The molecule has 0 atom stereocenters. The van der Waals surface area contributed by atoms with Crippen molar-refractivity contribution in [3.05, 3.63) is 29.0 Å². The summed E-state index contributed by atoms with van der Waals surface area (Å²) in [6.07, 6.45) is -0.320. The number of fused-ring (bicyclic) bond motifs is 1. The van der Waals surface area contributed by atoms with Crippen LogP contribution in [0.3, 0.4) is 0 Å². The van der Waals surface area contributed by atoms with Gasteiger partial charge in [-0.25, -0.2) is 4.98 Å². The van der Waals surface area contributed by atoms with Crippen LogP contribution >= 0.6 is 15.9 Å². The van der Waals surface area contributed by atoms with E-state index >= 15 is 0 Å². The first-order chi connectivity index (χ1) is 6.52. The minimum absolute atomic E-state index is 0.126. The second-order valence-electron chi connectivity index (χ2n) is 1.67. The average molecular weight is 202 g/mol. The van der Waals surface area contributed by atoms with Crippen molar-refractivity contribution in [2.75, 3.05) is 0 Å². The molecule has 1 aromatic heterocycles. The van der Waals surface area contributed by atoms with Gasteiger partial charge < -0.3 is 4.42 Å². The van der Waals surface area contributed by atoms with Crippen LogP contribution in [0.15, 0.2) is 33.4 Å². The minimum atomic E-state index is -0.320. The van der Waals surface area contributed by atoms with Gasteiger partial charge in [0.1, 0.15) is 6.89 Å². The molecule has 0 unspecified atom stereocenters. The Morgan fingerprint density at radius 3 is 3.40 bits per heavy atom. The van der Waals surface area contributed by atoms with Gasteiger partial charge in [-0.3, -0.25) is 0 Å². The third-order valence-corrected chi connectivity index (χ3v) is 1.63. The van der Waals surface area contributed by atoms with Crippen LogP contribution in [-0.4, -0.2) is 4.98 Å². The molecule has 0 bridgehead atoms. The van der Waals surface area contributed by atoms with Crippen LogP contribution in [0.25, 0.3) is 11.1 Å². The van der Waals surface area contributed by atoms with Crippen molar-refractivity contribution in [2.45, 2.75) is 0 Å². The Hall–Kier alpha value is -0.830. The van der Waals surface area contributed by atoms with Crippen LogP contribution in [0.4, 0.5) is 0 Å². The van der Waals surface area contributed by atoms with Gasteiger partial charge in [0, 0.05) is 0 Å². The molecule has 0 fully saturated rings. The highest BCUT2D eigenvalue weighted by Crippen LogP contribution is 2.21. The van der Waals surface area contributed by atoms with Crippen LogP contribution in [0.1, 0.15) is 5.48 Å². The van der Waals surface area contributed by atoms with Crippen molar-refractivity contribution < 1.29 is 9.90 Å². The predicted octanol–water partition coefficient (Wildman–Crippen LogP) is 2.59. The number of rotatable bonds is 0. The number of halogens is 1. The zero-order chi connectivity index (χ0) is 10.5. The third kappa shape index (κ3) is 0.743. The highest BCUT2D eigenvalue weighted by molar-refractivity contribution is 9.10. The highest BCUT2D eigenvalue weighted by Gasteiger charge is 1.99. The molecule has 10 heavy (non-hydrogen) atoms. The first-order valence-electron chi connectivity index (χ1n) is 4.54. The molecule has 0 aliphatic rings. The van der Waals surface area contributed by atoms with Crippen LogP contribution < -0.4 is 0 Å². The summed E-state index contributed by atoms with van der Waals surface area (Å²) >= 11 is 3.07. The lowest BCUT2D eigenvalue weighted by Crippen LogP contribution is -1.66. The van der Waals surface area contributed by atoms with Gasteiger partial charge in [0.15, 0.2) is 12.0 Å². The molecule has 3 heteroatoms. The van der Waals surface area contributed by atoms with Gasteiger partial charge in [0.05, 0.1) is 8.58 Å². The maximum atomic E-state index is 7.50. The number of benzene rings is 1. The largest absolute Gasteiger partial charge is 0.442 e. The second kappa shape index (κ2) is 2.09. The molecule has 0 saturated carbocycles. The number of nitrogens with zero attached hydrogens (tertiary/aromatic N) is 1. The van der Waals surface area contributed by atoms with E-state index in [1.807, 2.05) is 0 Å². The topological polar surface area (TPSA) is 26.0 Å². The molecule has 0 amide bonds. The van der Waals surface area contributed by atoms with Gasteiger partial charge in [-0.05, 0) is 28.0 Å². The van der Waals surface area contributed by atoms with Crippen molar-refractivity contribution in [1.29, 1.82) is 0 Å². The van der Waals surface area contributed by atoms with Crippen molar-refractivity contribution in [1.82, 2.24) is 4.98 Å². The Morgan fingerprint density at radius 1 is 1.60 bits per heavy atom. The number of oxazole rings is 1. The van der Waals surface area contributed by atoms with E-state index in [-0.39, 0.29) is 40.1 Å². The Bertz CT molecular complexity index is 479. The fourth-order valence-electron chi connectivity index (χ4n) is 0.649. The van der Waals surface area contributed by atoms with Gasteiger partial charge in [0.25, 0.3) is 0 Å². The summed E-state index contributed by atoms with van der Waals surface area (Å²) in [6.45, 7) is 0. The first kappa shape index (κ1) is 3.05. The zero-order valence-corrected chi connectivity index (χ0v) is 6.32. The normalized spacial score (nSPS) is 16.1. The molecule has 0 aliphatic carbocycles. The summed E-state index contributed by atoms with van der Waals surface area (Å²) < 4.78 is 34.7. The van der Waals surface area contributed by atoms with Crippen LogP contribution in [0.2, 0.25) is 0 Å². The molecule has 0 spiro atoms. The molecule has 0 radical (unpaired) electrons. The molecule has 2 nitrogen and oxygen atoms in total. The molecule has 1 aromatic carbocycles. The summed E-state index contributed by atoms with van der Waals surface area (Å²) in [6, 6.07) is -0.535. The Balaban J connectivity index is 3.01. The van der Waals surface area contributed by atoms with E-state index in [1.165, 1.54) is 0 Å². The molecular formula is C7H4BrNO. The number of para-hydroxylation sites is 1. The maximum absolute atomic E-state index is 7.50. The number of aromatic nitrogens is 1.